The van der Waals surface area contributed by atoms with Gasteiger partial charge in [-0.05, 0) is 47.9 Å². The third-order valence-corrected chi connectivity index (χ3v) is 6.51. The van der Waals surface area contributed by atoms with Crippen LogP contribution in [0.5, 0.6) is 0 Å². The first-order valence-electron chi connectivity index (χ1n) is 10.2. The smallest absolute Gasteiger partial charge is 0.234 e. The van der Waals surface area contributed by atoms with E-state index in [4.69, 9.17) is 0 Å². The lowest BCUT2D eigenvalue weighted by atomic mass is 10.1. The molecule has 0 unspecified atom stereocenters. The second-order valence-corrected chi connectivity index (χ2v) is 9.08. The molecule has 3 aromatic carbocycles. The first-order chi connectivity index (χ1) is 16.2. The highest BCUT2D eigenvalue weighted by Gasteiger charge is 2.17. The number of nitrogens with one attached hydrogen (secondary N) is 1. The Bertz CT molecular complexity index is 1410. The highest BCUT2D eigenvalue weighted by atomic mass is 79.9. The standard InChI is InChI=1S/C25H18BrN5OS/c26-19-8-10-20(11-9-19)31-24(18-12-14-27-15-13-18)29-30-25(31)33-16-23(32)28-22-7-3-5-17-4-1-2-6-21(17)22/h1-15H,16H2,(H,28,32). The van der Waals surface area contributed by atoms with E-state index in [2.05, 4.69) is 36.4 Å². The van der Waals surface area contributed by atoms with Crippen LogP contribution < -0.4 is 5.32 Å². The maximum atomic E-state index is 12.8. The fraction of sp³-hybridized carbons (Fsp3) is 0.0400. The van der Waals surface area contributed by atoms with Crippen LogP contribution in [0.2, 0.25) is 0 Å². The molecule has 0 saturated carbocycles. The summed E-state index contributed by atoms with van der Waals surface area (Å²) >= 11 is 4.83. The summed E-state index contributed by atoms with van der Waals surface area (Å²) < 4.78 is 2.94. The number of hydrogen-bond donors (Lipinski definition) is 1. The average Bonchev–Trinajstić information content (AvgIpc) is 3.28. The van der Waals surface area contributed by atoms with E-state index in [9.17, 15) is 4.79 Å². The van der Waals surface area contributed by atoms with Crippen LogP contribution in [0.3, 0.4) is 0 Å². The van der Waals surface area contributed by atoms with Crippen molar-refractivity contribution in [3.05, 3.63) is 95.7 Å². The van der Waals surface area contributed by atoms with Crippen LogP contribution in [-0.2, 0) is 4.79 Å². The number of halogens is 1. The monoisotopic (exact) mass is 515 g/mol. The summed E-state index contributed by atoms with van der Waals surface area (Å²) in [6, 6.07) is 25.5. The number of anilines is 1. The van der Waals surface area contributed by atoms with Crippen LogP contribution in [0, 0.1) is 0 Å². The fourth-order valence-corrected chi connectivity index (χ4v) is 4.54. The predicted octanol–water partition coefficient (Wildman–Crippen LogP) is 5.98. The molecular formula is C25H18BrN5OS. The zero-order chi connectivity index (χ0) is 22.6. The van der Waals surface area contributed by atoms with Crippen LogP contribution in [0.25, 0.3) is 27.8 Å². The Balaban J connectivity index is 1.41. The van der Waals surface area contributed by atoms with Gasteiger partial charge in [-0.1, -0.05) is 64.1 Å². The molecule has 2 aromatic heterocycles. The lowest BCUT2D eigenvalue weighted by Gasteiger charge is -2.11. The van der Waals surface area contributed by atoms with Crippen LogP contribution in [0.1, 0.15) is 0 Å². The normalized spacial score (nSPS) is 10.9. The second kappa shape index (κ2) is 9.56. The van der Waals surface area contributed by atoms with Crippen molar-refractivity contribution in [2.75, 3.05) is 11.1 Å². The first-order valence-corrected chi connectivity index (χ1v) is 12.0. The van der Waals surface area contributed by atoms with Crippen LogP contribution >= 0.6 is 27.7 Å². The molecule has 0 fully saturated rings. The molecule has 0 spiro atoms. The third kappa shape index (κ3) is 4.67. The number of carbonyl (C=O) groups is 1. The van der Waals surface area contributed by atoms with Gasteiger partial charge in [0.05, 0.1) is 5.75 Å². The maximum absolute atomic E-state index is 12.8. The summed E-state index contributed by atoms with van der Waals surface area (Å²) in [4.78, 5) is 16.9. The second-order valence-electron chi connectivity index (χ2n) is 7.22. The fourth-order valence-electron chi connectivity index (χ4n) is 3.53. The SMILES string of the molecule is O=C(CSc1nnc(-c2ccncc2)n1-c1ccc(Br)cc1)Nc1cccc2ccccc12. The molecule has 0 aliphatic rings. The number of carbonyl (C=O) groups excluding carboxylic acids is 1. The van der Waals surface area contributed by atoms with Gasteiger partial charge in [0.2, 0.25) is 5.91 Å². The van der Waals surface area contributed by atoms with Gasteiger partial charge in [-0.3, -0.25) is 14.3 Å². The van der Waals surface area contributed by atoms with Crippen LogP contribution in [0.15, 0.2) is 101 Å². The summed E-state index contributed by atoms with van der Waals surface area (Å²) in [5, 5.41) is 14.6. The lowest BCUT2D eigenvalue weighted by Crippen LogP contribution is -2.14. The van der Waals surface area contributed by atoms with Gasteiger partial charge in [0, 0.05) is 39.2 Å². The molecule has 0 saturated heterocycles. The molecule has 0 radical (unpaired) electrons. The van der Waals surface area contributed by atoms with Crippen molar-refractivity contribution >= 4 is 50.1 Å². The van der Waals surface area contributed by atoms with Crippen LogP contribution in [0.4, 0.5) is 5.69 Å². The number of pyridine rings is 1. The average molecular weight is 516 g/mol. The Labute approximate surface area is 203 Å². The molecule has 1 amide bonds. The minimum absolute atomic E-state index is 0.104. The number of benzene rings is 3. The van der Waals surface area contributed by atoms with Crippen molar-refractivity contribution in [3.8, 4) is 17.1 Å². The minimum atomic E-state index is -0.104. The van der Waals surface area contributed by atoms with Gasteiger partial charge in [0.25, 0.3) is 0 Å². The van der Waals surface area contributed by atoms with E-state index in [-0.39, 0.29) is 11.7 Å². The number of thioether (sulfide) groups is 1. The van der Waals surface area contributed by atoms with E-state index in [0.29, 0.717) is 11.0 Å². The molecule has 2 heterocycles. The molecule has 0 aliphatic carbocycles. The molecule has 162 valence electrons. The molecule has 33 heavy (non-hydrogen) atoms. The Morgan fingerprint density at radius 2 is 1.67 bits per heavy atom. The maximum Gasteiger partial charge on any atom is 0.234 e. The van der Waals surface area contributed by atoms with Gasteiger partial charge >= 0.3 is 0 Å². The Morgan fingerprint density at radius 1 is 0.909 bits per heavy atom. The quantitative estimate of drug-likeness (QED) is 0.282. The molecule has 6 nitrogen and oxygen atoms in total. The predicted molar refractivity (Wildman–Crippen MR) is 136 cm³/mol. The molecule has 8 heteroatoms. The van der Waals surface area contributed by atoms with E-state index >= 15 is 0 Å². The van der Waals surface area contributed by atoms with Crippen molar-refractivity contribution in [1.82, 2.24) is 19.7 Å². The van der Waals surface area contributed by atoms with Crippen molar-refractivity contribution in [3.63, 3.8) is 0 Å². The topological polar surface area (TPSA) is 72.7 Å². The van der Waals surface area contributed by atoms with Crippen LogP contribution in [-0.4, -0.2) is 31.4 Å². The minimum Gasteiger partial charge on any atom is -0.325 e. The zero-order valence-corrected chi connectivity index (χ0v) is 19.8. The molecule has 0 aliphatic heterocycles. The van der Waals surface area contributed by atoms with Gasteiger partial charge in [0.15, 0.2) is 11.0 Å². The van der Waals surface area contributed by atoms with Gasteiger partial charge in [0.1, 0.15) is 0 Å². The van der Waals surface area contributed by atoms with E-state index < -0.39 is 0 Å². The highest BCUT2D eigenvalue weighted by molar-refractivity contribution is 9.10. The molecule has 0 atom stereocenters. The Morgan fingerprint density at radius 3 is 2.48 bits per heavy atom. The summed E-state index contributed by atoms with van der Waals surface area (Å²) in [7, 11) is 0. The summed E-state index contributed by atoms with van der Waals surface area (Å²) in [5.74, 6) is 0.790. The third-order valence-electron chi connectivity index (χ3n) is 5.05. The number of fused-ring (bicyclic) bond motifs is 1. The molecule has 5 rings (SSSR count). The van der Waals surface area contributed by atoms with E-state index in [1.165, 1.54) is 11.8 Å². The van der Waals surface area contributed by atoms with Gasteiger partial charge in [-0.25, -0.2) is 0 Å². The van der Waals surface area contributed by atoms with E-state index in [1.54, 1.807) is 12.4 Å². The lowest BCUT2D eigenvalue weighted by molar-refractivity contribution is -0.113. The molecular weight excluding hydrogens is 498 g/mol. The number of hydrogen-bond acceptors (Lipinski definition) is 5. The largest absolute Gasteiger partial charge is 0.325 e. The van der Waals surface area contributed by atoms with Crippen molar-refractivity contribution < 1.29 is 4.79 Å². The zero-order valence-electron chi connectivity index (χ0n) is 17.4. The Hall–Kier alpha value is -3.49. The Kier molecular flexibility index (Phi) is 6.19. The summed E-state index contributed by atoms with van der Waals surface area (Å²) in [6.07, 6.45) is 3.45. The number of amides is 1. The highest BCUT2D eigenvalue weighted by Crippen LogP contribution is 2.29. The van der Waals surface area contributed by atoms with E-state index in [1.807, 2.05) is 83.4 Å². The van der Waals surface area contributed by atoms with Crippen molar-refractivity contribution in [2.24, 2.45) is 0 Å². The van der Waals surface area contributed by atoms with E-state index in [0.717, 1.165) is 32.2 Å². The number of rotatable bonds is 6. The number of aromatic nitrogens is 4. The molecule has 0 bridgehead atoms. The van der Waals surface area contributed by atoms with Crippen molar-refractivity contribution in [1.29, 1.82) is 0 Å². The summed E-state index contributed by atoms with van der Waals surface area (Å²) in [6.45, 7) is 0. The van der Waals surface area contributed by atoms with Gasteiger partial charge < -0.3 is 5.32 Å². The molecule has 1 N–H and O–H groups in total. The summed E-state index contributed by atoms with van der Waals surface area (Å²) in [5.41, 5.74) is 2.60. The van der Waals surface area contributed by atoms with Crippen molar-refractivity contribution in [2.45, 2.75) is 5.16 Å². The number of nitrogens with zero attached hydrogens (tertiary/aromatic N) is 4. The molecule has 5 aromatic rings. The first kappa shape index (κ1) is 21.4. The van der Waals surface area contributed by atoms with Gasteiger partial charge in [-0.2, -0.15) is 0 Å². The van der Waals surface area contributed by atoms with Gasteiger partial charge in [-0.15, -0.1) is 10.2 Å².